The Balaban J connectivity index is 0.000000159. The van der Waals surface area contributed by atoms with Crippen LogP contribution < -0.4 is 37.4 Å². The molecule has 0 unspecified atom stereocenters. The smallest absolute Gasteiger partial charge is 0.399 e. The molecule has 0 bridgehead atoms. The van der Waals surface area contributed by atoms with Crippen molar-refractivity contribution in [2.75, 3.05) is 111 Å². The SMILES string of the molecule is CC1(C)OB(c2ccnc(N)c2)OC1(C)C.CC[C@@H]1CCN(C(=O)Nc2ccc(C)c(-c3cc(-c4ccnc(N)c4)nc(N4CCOCC4)c3)c2)C1.CC[C@@H]1CCN(C(=O)Nc2ccc(C)c(-c3cc(Cl)nc(N4CCOCC4)c3)c2)C1. The minimum Gasteiger partial charge on any atom is -0.399 e. The highest BCUT2D eigenvalue weighted by molar-refractivity contribution is 6.62. The van der Waals surface area contributed by atoms with E-state index in [1.165, 1.54) is 0 Å². The number of aryl methyl sites for hydroxylation is 2. The van der Waals surface area contributed by atoms with Crippen LogP contribution in [-0.4, -0.2) is 139 Å². The molecule has 0 saturated carbocycles. The molecule has 4 aromatic heterocycles. The van der Waals surface area contributed by atoms with Crippen molar-refractivity contribution in [1.29, 1.82) is 0 Å². The van der Waals surface area contributed by atoms with Crippen molar-refractivity contribution in [2.24, 2.45) is 11.8 Å². The molecule has 11 rings (SSSR count). The van der Waals surface area contributed by atoms with E-state index in [1.54, 1.807) is 18.5 Å². The molecule has 0 radical (unpaired) electrons. The second-order valence-corrected chi connectivity index (χ2v) is 23.2. The van der Waals surface area contributed by atoms with Gasteiger partial charge in [0.25, 0.3) is 0 Å². The zero-order valence-electron chi connectivity index (χ0n) is 48.8. The standard InChI is InChI=1S/C28H34N6O2.C23H29ClN4O2.C11H17BN2O2/c1-3-20-7-9-34(18-20)28(35)31-23-5-4-19(2)24(17-23)22-14-25(21-6-8-30-26(29)15-21)32-27(16-22)33-10-12-36-13-11-33;1-3-17-6-7-28(15-17)23(29)25-19-5-4-16(2)20(14-19)18-12-21(24)26-22(13-18)27-8-10-30-11-9-27;1-10(2)11(3,4)16-12(15-10)8-5-6-14-9(13)7-8/h4-6,8,14-17,20H,3,7,9-13,18H2,1-2H3,(H2,29,30)(H,31,35);4-5,12-14,17H,3,6-11,15H2,1-2H3,(H,25,29);5-7H,1-4H3,(H2,13,14)/t20-;17-;/m11./s1. The van der Waals surface area contributed by atoms with E-state index in [2.05, 4.69) is 93.4 Å². The van der Waals surface area contributed by atoms with Crippen molar-refractivity contribution in [1.82, 2.24) is 29.7 Å². The number of likely N-dealkylation sites (tertiary alicyclic amines) is 2. The number of urea groups is 2. The van der Waals surface area contributed by atoms with E-state index in [0.29, 0.717) is 55.1 Å². The fraction of sp³-hybridized carbons (Fsp3) is 0.452. The lowest BCUT2D eigenvalue weighted by atomic mass is 9.80. The van der Waals surface area contributed by atoms with Crippen molar-refractivity contribution in [3.8, 4) is 33.5 Å². The number of halogens is 1. The molecule has 20 heteroatoms. The summed E-state index contributed by atoms with van der Waals surface area (Å²) in [6.07, 6.45) is 7.76. The molecule has 2 aromatic carbocycles. The van der Waals surface area contributed by atoms with Crippen molar-refractivity contribution in [3.63, 3.8) is 0 Å². The highest BCUT2D eigenvalue weighted by atomic mass is 35.5. The van der Waals surface area contributed by atoms with Crippen LogP contribution in [0.3, 0.4) is 0 Å². The molecule has 5 fully saturated rings. The summed E-state index contributed by atoms with van der Waals surface area (Å²) in [5.41, 5.74) is 21.6. The average Bonchev–Trinajstić information content (AvgIpc) is 4.33. The largest absolute Gasteiger partial charge is 0.495 e. The first-order valence-corrected chi connectivity index (χ1v) is 29.2. The molecule has 6 N–H and O–H groups in total. The van der Waals surface area contributed by atoms with Crippen LogP contribution in [0.2, 0.25) is 5.15 Å². The van der Waals surface area contributed by atoms with Gasteiger partial charge in [0.1, 0.15) is 28.4 Å². The number of pyridine rings is 4. The van der Waals surface area contributed by atoms with E-state index in [9.17, 15) is 9.59 Å². The molecule has 5 aliphatic heterocycles. The zero-order chi connectivity index (χ0) is 58.1. The van der Waals surface area contributed by atoms with Gasteiger partial charge >= 0.3 is 19.2 Å². The van der Waals surface area contributed by atoms with E-state index in [4.69, 9.17) is 46.8 Å². The number of hydrogen-bond donors (Lipinski definition) is 4. The maximum atomic E-state index is 12.9. The number of nitrogens with two attached hydrogens (primary N) is 2. The second-order valence-electron chi connectivity index (χ2n) is 22.8. The number of amides is 4. The van der Waals surface area contributed by atoms with Crippen LogP contribution in [0.15, 0.2) is 97.3 Å². The lowest BCUT2D eigenvalue weighted by molar-refractivity contribution is 0.00578. The number of nitrogen functional groups attached to an aromatic ring is 2. The number of anilines is 6. The molecular formula is C62H80BClN12O6. The topological polar surface area (TPSA) is 212 Å². The molecule has 18 nitrogen and oxygen atoms in total. The Labute approximate surface area is 488 Å². The number of carbonyl (C=O) groups excluding carboxylic acids is 2. The van der Waals surface area contributed by atoms with Crippen molar-refractivity contribution >= 4 is 70.9 Å². The maximum absolute atomic E-state index is 12.9. The van der Waals surface area contributed by atoms with Crippen LogP contribution in [0, 0.1) is 25.7 Å². The Hall–Kier alpha value is -7.03. The van der Waals surface area contributed by atoms with Gasteiger partial charge in [-0.2, -0.15) is 0 Å². The molecule has 0 aliphatic carbocycles. The summed E-state index contributed by atoms with van der Waals surface area (Å²) in [5, 5.41) is 6.65. The van der Waals surface area contributed by atoms with Gasteiger partial charge in [-0.1, -0.05) is 50.4 Å². The Kier molecular flexibility index (Phi) is 19.2. The van der Waals surface area contributed by atoms with Gasteiger partial charge in [0.2, 0.25) is 0 Å². The molecule has 434 valence electrons. The predicted octanol–water partition coefficient (Wildman–Crippen LogP) is 10.6. The first-order valence-electron chi connectivity index (χ1n) is 28.8. The summed E-state index contributed by atoms with van der Waals surface area (Å²) in [4.78, 5) is 51.4. The Morgan fingerprint density at radius 2 is 1.09 bits per heavy atom. The van der Waals surface area contributed by atoms with Gasteiger partial charge in [-0.15, -0.1) is 0 Å². The maximum Gasteiger partial charge on any atom is 0.495 e. The van der Waals surface area contributed by atoms with Gasteiger partial charge in [-0.25, -0.2) is 29.5 Å². The van der Waals surface area contributed by atoms with Gasteiger partial charge in [-0.05, 0) is 178 Å². The molecular weight excluding hydrogens is 1060 g/mol. The normalized spacial score (nSPS) is 19.3. The minimum atomic E-state index is -0.365. The summed E-state index contributed by atoms with van der Waals surface area (Å²) in [7, 11) is -0.365. The monoisotopic (exact) mass is 1130 g/mol. The molecule has 82 heavy (non-hydrogen) atoms. The molecule has 0 spiro atoms. The van der Waals surface area contributed by atoms with E-state index in [-0.39, 0.29) is 30.4 Å². The Morgan fingerprint density at radius 1 is 0.610 bits per heavy atom. The zero-order valence-corrected chi connectivity index (χ0v) is 49.6. The number of morpholine rings is 2. The van der Waals surface area contributed by atoms with Crippen LogP contribution in [-0.2, 0) is 18.8 Å². The quantitative estimate of drug-likeness (QED) is 0.0743. The lowest BCUT2D eigenvalue weighted by Gasteiger charge is -2.32. The number of benzene rings is 2. The average molecular weight is 1140 g/mol. The van der Waals surface area contributed by atoms with E-state index >= 15 is 0 Å². The summed E-state index contributed by atoms with van der Waals surface area (Å²) in [5.74, 6) is 3.91. The number of carbonyl (C=O) groups is 2. The van der Waals surface area contributed by atoms with Crippen LogP contribution in [0.4, 0.5) is 44.2 Å². The van der Waals surface area contributed by atoms with Crippen molar-refractivity contribution in [2.45, 2.75) is 92.3 Å². The van der Waals surface area contributed by atoms with Gasteiger partial charge < -0.3 is 60.5 Å². The van der Waals surface area contributed by atoms with Gasteiger partial charge in [0, 0.05) is 81.7 Å². The number of nitrogens with one attached hydrogen (secondary N) is 2. The minimum absolute atomic E-state index is 0.0254. The predicted molar refractivity (Wildman–Crippen MR) is 330 cm³/mol. The van der Waals surface area contributed by atoms with E-state index in [1.807, 2.05) is 86.0 Å². The fourth-order valence-corrected chi connectivity index (χ4v) is 10.9. The van der Waals surface area contributed by atoms with Crippen molar-refractivity contribution in [3.05, 3.63) is 114 Å². The first-order chi connectivity index (χ1) is 39.3. The van der Waals surface area contributed by atoms with Crippen molar-refractivity contribution < 1.29 is 28.4 Å². The number of ether oxygens (including phenoxy) is 2. The summed E-state index contributed by atoms with van der Waals surface area (Å²) < 4.78 is 22.8. The first kappa shape index (κ1) is 59.6. The molecule has 4 amide bonds. The van der Waals surface area contributed by atoms with Crippen LogP contribution >= 0.6 is 11.6 Å². The third kappa shape index (κ3) is 14.8. The van der Waals surface area contributed by atoms with Crippen LogP contribution in [0.1, 0.15) is 78.4 Å². The van der Waals surface area contributed by atoms with E-state index < -0.39 is 0 Å². The van der Waals surface area contributed by atoms with Gasteiger partial charge in [-0.3, -0.25) is 0 Å². The molecule has 5 aliphatic rings. The Morgan fingerprint density at radius 3 is 1.56 bits per heavy atom. The van der Waals surface area contributed by atoms with E-state index in [0.717, 1.165) is 151 Å². The highest BCUT2D eigenvalue weighted by Crippen LogP contribution is 2.38. The third-order valence-corrected chi connectivity index (χ3v) is 16.8. The highest BCUT2D eigenvalue weighted by Gasteiger charge is 2.51. The van der Waals surface area contributed by atoms with Crippen LogP contribution in [0.5, 0.6) is 0 Å². The number of aromatic nitrogens is 4. The van der Waals surface area contributed by atoms with Gasteiger partial charge in [0.15, 0.2) is 0 Å². The molecule has 6 aromatic rings. The molecule has 9 heterocycles. The van der Waals surface area contributed by atoms with Gasteiger partial charge in [0.05, 0.1) is 43.3 Å². The third-order valence-electron chi connectivity index (χ3n) is 16.6. The molecule has 2 atom stereocenters. The number of hydrogen-bond acceptors (Lipinski definition) is 14. The number of rotatable bonds is 10. The molecule has 5 saturated heterocycles. The summed E-state index contributed by atoms with van der Waals surface area (Å²) in [6.45, 7) is 25.9. The summed E-state index contributed by atoms with van der Waals surface area (Å²) >= 11 is 6.36. The lowest BCUT2D eigenvalue weighted by Crippen LogP contribution is -2.41. The fourth-order valence-electron chi connectivity index (χ4n) is 10.7. The van der Waals surface area contributed by atoms with Crippen LogP contribution in [0.25, 0.3) is 33.5 Å². The second kappa shape index (κ2) is 26.5. The number of nitrogens with zero attached hydrogens (tertiary/aromatic N) is 8. The Bertz CT molecular complexity index is 3180. The summed E-state index contributed by atoms with van der Waals surface area (Å²) in [6, 6.07) is 27.6.